The number of hydrogen-bond acceptors (Lipinski definition) is 2. The van der Waals surface area contributed by atoms with E-state index in [0.29, 0.717) is 12.0 Å². The van der Waals surface area contributed by atoms with Crippen molar-refractivity contribution in [3.05, 3.63) is 29.6 Å². The van der Waals surface area contributed by atoms with Crippen molar-refractivity contribution in [3.8, 4) is 0 Å². The fraction of sp³-hybridized carbons (Fsp3) is 0.647. The first-order valence-electron chi connectivity index (χ1n) is 7.85. The lowest BCUT2D eigenvalue weighted by molar-refractivity contribution is 0.176. The van der Waals surface area contributed by atoms with Crippen molar-refractivity contribution in [1.29, 1.82) is 0 Å². The average Bonchev–Trinajstić information content (AvgIpc) is 2.44. The van der Waals surface area contributed by atoms with Crippen LogP contribution in [0.1, 0.15) is 38.7 Å². The summed E-state index contributed by atoms with van der Waals surface area (Å²) in [5.74, 6) is 0.522. The summed E-state index contributed by atoms with van der Waals surface area (Å²) in [6.45, 7) is 10.1. The molecule has 0 saturated carbocycles. The molecule has 1 N–H and O–H groups in total. The van der Waals surface area contributed by atoms with E-state index in [4.69, 9.17) is 0 Å². The van der Waals surface area contributed by atoms with Crippen molar-refractivity contribution < 1.29 is 4.39 Å². The third-order valence-corrected chi connectivity index (χ3v) is 4.46. The fourth-order valence-corrected chi connectivity index (χ4v) is 3.11. The Bertz CT molecular complexity index is 425. The van der Waals surface area contributed by atoms with Crippen LogP contribution in [-0.4, -0.2) is 30.6 Å². The van der Waals surface area contributed by atoms with Gasteiger partial charge < -0.3 is 10.2 Å². The smallest absolute Gasteiger partial charge is 0.125 e. The molecule has 0 radical (unpaired) electrons. The van der Waals surface area contributed by atoms with E-state index < -0.39 is 0 Å². The van der Waals surface area contributed by atoms with E-state index in [0.717, 1.165) is 11.3 Å². The standard InChI is InChI=1S/C17H27FN2/c1-4-9-20-10-7-15(8-11-20)14(3)19-17-12-16(18)6-5-13(17)2/h5-6,12,14-15,19H,4,7-11H2,1-3H3. The van der Waals surface area contributed by atoms with Gasteiger partial charge in [-0.25, -0.2) is 4.39 Å². The van der Waals surface area contributed by atoms with E-state index in [1.54, 1.807) is 6.07 Å². The van der Waals surface area contributed by atoms with Crippen LogP contribution in [0.25, 0.3) is 0 Å². The Kier molecular flexibility index (Phi) is 5.41. The van der Waals surface area contributed by atoms with Crippen LogP contribution in [0, 0.1) is 18.7 Å². The minimum Gasteiger partial charge on any atom is -0.382 e. The maximum Gasteiger partial charge on any atom is 0.125 e. The third-order valence-electron chi connectivity index (χ3n) is 4.46. The summed E-state index contributed by atoms with van der Waals surface area (Å²) in [5.41, 5.74) is 2.05. The highest BCUT2D eigenvalue weighted by Crippen LogP contribution is 2.25. The molecule has 0 amide bonds. The van der Waals surface area contributed by atoms with Crippen molar-refractivity contribution in [2.45, 2.75) is 46.1 Å². The molecular weight excluding hydrogens is 251 g/mol. The highest BCUT2D eigenvalue weighted by atomic mass is 19.1. The zero-order chi connectivity index (χ0) is 14.5. The first kappa shape index (κ1) is 15.3. The van der Waals surface area contributed by atoms with Gasteiger partial charge in [0.1, 0.15) is 5.82 Å². The molecule has 112 valence electrons. The van der Waals surface area contributed by atoms with Crippen LogP contribution in [0.5, 0.6) is 0 Å². The lowest BCUT2D eigenvalue weighted by atomic mass is 9.90. The second-order valence-electron chi connectivity index (χ2n) is 6.07. The van der Waals surface area contributed by atoms with E-state index in [1.165, 1.54) is 45.0 Å². The van der Waals surface area contributed by atoms with Gasteiger partial charge in [0.2, 0.25) is 0 Å². The van der Waals surface area contributed by atoms with E-state index in [-0.39, 0.29) is 5.82 Å². The molecule has 1 heterocycles. The minimum absolute atomic E-state index is 0.164. The molecule has 1 saturated heterocycles. The number of likely N-dealkylation sites (tertiary alicyclic amines) is 1. The average molecular weight is 278 g/mol. The van der Waals surface area contributed by atoms with Crippen LogP contribution >= 0.6 is 0 Å². The van der Waals surface area contributed by atoms with Crippen LogP contribution in [0.2, 0.25) is 0 Å². The minimum atomic E-state index is -0.164. The Morgan fingerprint density at radius 1 is 1.35 bits per heavy atom. The predicted octanol–water partition coefficient (Wildman–Crippen LogP) is 4.06. The molecule has 3 heteroatoms. The summed E-state index contributed by atoms with van der Waals surface area (Å²) in [6, 6.07) is 5.38. The Balaban J connectivity index is 1.89. The van der Waals surface area contributed by atoms with E-state index in [9.17, 15) is 4.39 Å². The largest absolute Gasteiger partial charge is 0.382 e. The molecule has 20 heavy (non-hydrogen) atoms. The number of hydrogen-bond donors (Lipinski definition) is 1. The monoisotopic (exact) mass is 278 g/mol. The molecule has 0 aliphatic carbocycles. The summed E-state index contributed by atoms with van der Waals surface area (Å²) >= 11 is 0. The summed E-state index contributed by atoms with van der Waals surface area (Å²) in [4.78, 5) is 2.55. The number of anilines is 1. The first-order valence-corrected chi connectivity index (χ1v) is 7.85. The maximum absolute atomic E-state index is 13.3. The lowest BCUT2D eigenvalue weighted by Crippen LogP contribution is -2.39. The lowest BCUT2D eigenvalue weighted by Gasteiger charge is -2.35. The highest BCUT2D eigenvalue weighted by molar-refractivity contribution is 5.51. The molecule has 2 nitrogen and oxygen atoms in total. The van der Waals surface area contributed by atoms with E-state index in [2.05, 4.69) is 24.1 Å². The summed E-state index contributed by atoms with van der Waals surface area (Å²) in [6.07, 6.45) is 3.71. The molecule has 1 aromatic rings. The van der Waals surface area contributed by atoms with Gasteiger partial charge in [0.15, 0.2) is 0 Å². The summed E-state index contributed by atoms with van der Waals surface area (Å²) < 4.78 is 13.3. The molecule has 0 bridgehead atoms. The Morgan fingerprint density at radius 3 is 2.70 bits per heavy atom. The van der Waals surface area contributed by atoms with Crippen molar-refractivity contribution >= 4 is 5.69 Å². The molecule has 1 aliphatic rings. The molecule has 1 aromatic carbocycles. The molecular formula is C17H27FN2. The number of piperidine rings is 1. The topological polar surface area (TPSA) is 15.3 Å². The normalized spacial score (nSPS) is 19.0. The Hall–Kier alpha value is -1.09. The number of rotatable bonds is 5. The van der Waals surface area contributed by atoms with E-state index in [1.807, 2.05) is 13.0 Å². The second-order valence-corrected chi connectivity index (χ2v) is 6.07. The number of nitrogens with one attached hydrogen (secondary N) is 1. The van der Waals surface area contributed by atoms with Gasteiger partial charge in [-0.2, -0.15) is 0 Å². The zero-order valence-corrected chi connectivity index (χ0v) is 13.0. The first-order chi connectivity index (χ1) is 9.60. The summed E-state index contributed by atoms with van der Waals surface area (Å²) in [5, 5.41) is 3.51. The Morgan fingerprint density at radius 2 is 2.05 bits per heavy atom. The van der Waals surface area contributed by atoms with Crippen molar-refractivity contribution in [3.63, 3.8) is 0 Å². The SMILES string of the molecule is CCCN1CCC(C(C)Nc2cc(F)ccc2C)CC1. The van der Waals surface area contributed by atoms with Crippen LogP contribution in [0.3, 0.4) is 0 Å². The molecule has 1 aliphatic heterocycles. The van der Waals surface area contributed by atoms with Crippen LogP contribution < -0.4 is 5.32 Å². The zero-order valence-electron chi connectivity index (χ0n) is 13.0. The quantitative estimate of drug-likeness (QED) is 0.874. The second kappa shape index (κ2) is 7.07. The highest BCUT2D eigenvalue weighted by Gasteiger charge is 2.23. The van der Waals surface area contributed by atoms with Gasteiger partial charge in [-0.15, -0.1) is 0 Å². The number of halogens is 1. The van der Waals surface area contributed by atoms with Crippen molar-refractivity contribution in [1.82, 2.24) is 4.90 Å². The van der Waals surface area contributed by atoms with Crippen molar-refractivity contribution in [2.75, 3.05) is 25.0 Å². The van der Waals surface area contributed by atoms with Gasteiger partial charge in [0.05, 0.1) is 0 Å². The van der Waals surface area contributed by atoms with Gasteiger partial charge in [0.25, 0.3) is 0 Å². The molecule has 1 atom stereocenters. The third kappa shape index (κ3) is 3.95. The number of benzene rings is 1. The Labute approximate surface area is 122 Å². The van der Waals surface area contributed by atoms with Gasteiger partial charge >= 0.3 is 0 Å². The maximum atomic E-state index is 13.3. The number of aryl methyl sites for hydroxylation is 1. The van der Waals surface area contributed by atoms with Crippen molar-refractivity contribution in [2.24, 2.45) is 5.92 Å². The summed E-state index contributed by atoms with van der Waals surface area (Å²) in [7, 11) is 0. The molecule has 0 spiro atoms. The number of nitrogens with zero attached hydrogens (tertiary/aromatic N) is 1. The van der Waals surface area contributed by atoms with Crippen LogP contribution in [0.4, 0.5) is 10.1 Å². The van der Waals surface area contributed by atoms with Crippen LogP contribution in [-0.2, 0) is 0 Å². The van der Waals surface area contributed by atoms with Gasteiger partial charge in [-0.1, -0.05) is 13.0 Å². The molecule has 1 unspecified atom stereocenters. The molecule has 2 rings (SSSR count). The molecule has 0 aromatic heterocycles. The van der Waals surface area contributed by atoms with Gasteiger partial charge in [-0.3, -0.25) is 0 Å². The molecule has 1 fully saturated rings. The fourth-order valence-electron chi connectivity index (χ4n) is 3.11. The van der Waals surface area contributed by atoms with Gasteiger partial charge in [0, 0.05) is 11.7 Å². The predicted molar refractivity (Wildman–Crippen MR) is 83.7 cm³/mol. The van der Waals surface area contributed by atoms with Crippen LogP contribution in [0.15, 0.2) is 18.2 Å². The van der Waals surface area contributed by atoms with Gasteiger partial charge in [-0.05, 0) is 76.4 Å². The van der Waals surface area contributed by atoms with E-state index >= 15 is 0 Å².